The first-order valence-electron chi connectivity index (χ1n) is 7.64. The first kappa shape index (κ1) is 18.5. The first-order valence-corrected chi connectivity index (χ1v) is 7.64. The van der Waals surface area contributed by atoms with Crippen LogP contribution >= 0.6 is 0 Å². The fourth-order valence-corrected chi connectivity index (χ4v) is 2.04. The summed E-state index contributed by atoms with van der Waals surface area (Å²) in [5.74, 6) is 0. The van der Waals surface area contributed by atoms with Crippen LogP contribution in [0.2, 0.25) is 0 Å². The number of aromatic nitrogens is 3. The minimum Gasteiger partial charge on any atom is -0.265 e. The summed E-state index contributed by atoms with van der Waals surface area (Å²) in [7, 11) is 0. The van der Waals surface area contributed by atoms with Crippen LogP contribution in [-0.2, 0) is 0 Å². The molecular formula is C20H25N3. The predicted octanol–water partition coefficient (Wildman–Crippen LogP) is 4.79. The molecule has 3 aromatic heterocycles. The second kappa shape index (κ2) is 10.2. The van der Waals surface area contributed by atoms with Crippen LogP contribution < -0.4 is 0 Å². The van der Waals surface area contributed by atoms with Gasteiger partial charge in [0.25, 0.3) is 0 Å². The maximum Gasteiger partial charge on any atom is 0.0378 e. The summed E-state index contributed by atoms with van der Waals surface area (Å²) in [4.78, 5) is 12.2. The molecule has 0 aromatic carbocycles. The lowest BCUT2D eigenvalue weighted by Crippen LogP contribution is -1.85. The minimum atomic E-state index is 1.09. The van der Waals surface area contributed by atoms with E-state index in [1.807, 2.05) is 64.1 Å². The molecule has 0 N–H and O–H groups in total. The van der Waals surface area contributed by atoms with Gasteiger partial charge >= 0.3 is 0 Å². The predicted molar refractivity (Wildman–Crippen MR) is 96.4 cm³/mol. The van der Waals surface area contributed by atoms with Crippen molar-refractivity contribution in [2.75, 3.05) is 0 Å². The molecule has 3 nitrogen and oxygen atoms in total. The van der Waals surface area contributed by atoms with Gasteiger partial charge in [-0.15, -0.1) is 0 Å². The zero-order chi connectivity index (χ0) is 17.1. The smallest absolute Gasteiger partial charge is 0.0378 e. The Morgan fingerprint density at radius 3 is 1.30 bits per heavy atom. The molecule has 3 heterocycles. The lowest BCUT2D eigenvalue weighted by molar-refractivity contribution is 1.10. The van der Waals surface area contributed by atoms with E-state index in [2.05, 4.69) is 34.0 Å². The van der Waals surface area contributed by atoms with Crippen LogP contribution in [0.1, 0.15) is 28.3 Å². The van der Waals surface area contributed by atoms with Crippen molar-refractivity contribution in [3.8, 4) is 0 Å². The van der Waals surface area contributed by atoms with Crippen molar-refractivity contribution in [2.45, 2.75) is 34.6 Å². The number of rotatable bonds is 0. The van der Waals surface area contributed by atoms with Gasteiger partial charge in [-0.3, -0.25) is 15.0 Å². The normalized spacial score (nSPS) is 9.09. The molecule has 0 radical (unpaired) electrons. The van der Waals surface area contributed by atoms with Gasteiger partial charge in [0.1, 0.15) is 0 Å². The topological polar surface area (TPSA) is 38.7 Å². The molecule has 0 fully saturated rings. The van der Waals surface area contributed by atoms with Crippen LogP contribution in [0.5, 0.6) is 0 Å². The average molecular weight is 307 g/mol. The third-order valence-electron chi connectivity index (χ3n) is 2.82. The van der Waals surface area contributed by atoms with Crippen molar-refractivity contribution >= 4 is 0 Å². The van der Waals surface area contributed by atoms with Crippen LogP contribution in [0.15, 0.2) is 60.9 Å². The molecule has 0 aliphatic rings. The van der Waals surface area contributed by atoms with Gasteiger partial charge < -0.3 is 0 Å². The number of hydrogen-bond donors (Lipinski definition) is 0. The molecule has 0 saturated carbocycles. The Bertz CT molecular complexity index is 600. The van der Waals surface area contributed by atoms with Crippen LogP contribution in [0, 0.1) is 34.6 Å². The van der Waals surface area contributed by atoms with Crippen LogP contribution in [0.3, 0.4) is 0 Å². The second-order valence-corrected chi connectivity index (χ2v) is 5.37. The summed E-state index contributed by atoms with van der Waals surface area (Å²) in [5.41, 5.74) is 5.68. The minimum absolute atomic E-state index is 1.09. The molecule has 120 valence electrons. The Labute approximate surface area is 139 Å². The molecule has 3 rings (SSSR count). The zero-order valence-electron chi connectivity index (χ0n) is 14.6. The maximum absolute atomic E-state index is 4.23. The fourth-order valence-electron chi connectivity index (χ4n) is 2.04. The molecule has 0 spiro atoms. The summed E-state index contributed by atoms with van der Waals surface area (Å²) in [6, 6.07) is 15.9. The monoisotopic (exact) mass is 307 g/mol. The summed E-state index contributed by atoms with van der Waals surface area (Å²) >= 11 is 0. The molecule has 0 unspecified atom stereocenters. The quantitative estimate of drug-likeness (QED) is 0.599. The van der Waals surface area contributed by atoms with E-state index in [4.69, 9.17) is 0 Å². The van der Waals surface area contributed by atoms with Crippen LogP contribution in [0.4, 0.5) is 0 Å². The van der Waals surface area contributed by atoms with E-state index in [0.717, 1.165) is 22.8 Å². The number of nitrogens with zero attached hydrogens (tertiary/aromatic N) is 3. The van der Waals surface area contributed by atoms with Gasteiger partial charge in [0.2, 0.25) is 0 Å². The summed E-state index contributed by atoms with van der Waals surface area (Å²) in [6.07, 6.45) is 3.50. The van der Waals surface area contributed by atoms with E-state index in [9.17, 15) is 0 Å². The Hall–Kier alpha value is -2.55. The van der Waals surface area contributed by atoms with Crippen molar-refractivity contribution in [2.24, 2.45) is 0 Å². The van der Waals surface area contributed by atoms with E-state index < -0.39 is 0 Å². The number of hydrogen-bond acceptors (Lipinski definition) is 3. The molecule has 3 aromatic rings. The number of pyridine rings is 3. The second-order valence-electron chi connectivity index (χ2n) is 5.37. The molecule has 3 heteroatoms. The average Bonchev–Trinajstić information content (AvgIpc) is 2.48. The largest absolute Gasteiger partial charge is 0.265 e. The summed E-state index contributed by atoms with van der Waals surface area (Å²) in [6.45, 7) is 10.1. The van der Waals surface area contributed by atoms with Crippen LogP contribution in [0.25, 0.3) is 0 Å². The maximum atomic E-state index is 4.23. The van der Waals surface area contributed by atoms with Crippen molar-refractivity contribution < 1.29 is 0 Å². The molecule has 0 aliphatic heterocycles. The molecule has 23 heavy (non-hydrogen) atoms. The molecule has 0 bridgehead atoms. The van der Waals surface area contributed by atoms with Crippen molar-refractivity contribution in [1.82, 2.24) is 15.0 Å². The van der Waals surface area contributed by atoms with E-state index in [1.54, 1.807) is 12.4 Å². The first-order chi connectivity index (χ1) is 11.0. The van der Waals surface area contributed by atoms with Gasteiger partial charge in [0, 0.05) is 35.2 Å². The molecular weight excluding hydrogens is 282 g/mol. The highest BCUT2D eigenvalue weighted by Crippen LogP contribution is 2.01. The Kier molecular flexibility index (Phi) is 8.22. The van der Waals surface area contributed by atoms with E-state index in [-0.39, 0.29) is 0 Å². The van der Waals surface area contributed by atoms with Gasteiger partial charge in [0.05, 0.1) is 0 Å². The van der Waals surface area contributed by atoms with Gasteiger partial charge in [-0.1, -0.05) is 12.1 Å². The lowest BCUT2D eigenvalue weighted by Gasteiger charge is -1.96. The van der Waals surface area contributed by atoms with Crippen molar-refractivity contribution in [3.05, 3.63) is 89.3 Å². The van der Waals surface area contributed by atoms with Gasteiger partial charge in [-0.05, 0) is 76.6 Å². The standard InChI is InChI=1S/C8H11N.C7H9N.C5H5N/c1-6-4-7(2)9-8(3)5-6;1-6-4-3-5-7(2)8-6;1-2-4-6-5-3-1/h4-5H,1-3H3;3-5H,1-2H3;1-5H. The van der Waals surface area contributed by atoms with E-state index in [1.165, 1.54) is 5.56 Å². The fraction of sp³-hybridized carbons (Fsp3) is 0.250. The van der Waals surface area contributed by atoms with Crippen molar-refractivity contribution in [1.29, 1.82) is 0 Å². The van der Waals surface area contributed by atoms with E-state index >= 15 is 0 Å². The van der Waals surface area contributed by atoms with Gasteiger partial charge in [-0.2, -0.15) is 0 Å². The zero-order valence-corrected chi connectivity index (χ0v) is 14.6. The van der Waals surface area contributed by atoms with E-state index in [0.29, 0.717) is 0 Å². The Morgan fingerprint density at radius 1 is 0.565 bits per heavy atom. The molecule has 0 atom stereocenters. The molecule has 0 amide bonds. The Balaban J connectivity index is 0.000000176. The molecule has 0 saturated heterocycles. The lowest BCUT2D eigenvalue weighted by atomic mass is 10.2. The van der Waals surface area contributed by atoms with Gasteiger partial charge in [0.15, 0.2) is 0 Å². The number of aryl methyl sites for hydroxylation is 5. The SMILES string of the molecule is Cc1cc(C)nc(C)c1.Cc1cccc(C)n1.c1ccncc1. The summed E-state index contributed by atoms with van der Waals surface area (Å²) < 4.78 is 0. The van der Waals surface area contributed by atoms with Crippen LogP contribution in [-0.4, -0.2) is 15.0 Å². The van der Waals surface area contributed by atoms with Gasteiger partial charge in [-0.25, -0.2) is 0 Å². The molecule has 0 aliphatic carbocycles. The highest BCUT2D eigenvalue weighted by atomic mass is 14.7. The highest BCUT2D eigenvalue weighted by Gasteiger charge is 1.88. The third kappa shape index (κ3) is 9.14. The van der Waals surface area contributed by atoms with Crippen molar-refractivity contribution in [3.63, 3.8) is 0 Å². The third-order valence-corrected chi connectivity index (χ3v) is 2.82. The Morgan fingerprint density at radius 2 is 1.04 bits per heavy atom. The summed E-state index contributed by atoms with van der Waals surface area (Å²) in [5, 5.41) is 0. The highest BCUT2D eigenvalue weighted by molar-refractivity contribution is 5.18.